The highest BCUT2D eigenvalue weighted by molar-refractivity contribution is 6.30. The van der Waals surface area contributed by atoms with E-state index in [9.17, 15) is 4.79 Å². The number of aromatic nitrogens is 1. The summed E-state index contributed by atoms with van der Waals surface area (Å²) in [6.07, 6.45) is 0. The van der Waals surface area contributed by atoms with Gasteiger partial charge in [0.2, 0.25) is 5.88 Å². The van der Waals surface area contributed by atoms with Gasteiger partial charge in [0.15, 0.2) is 0 Å². The number of carbonyl (C=O) groups excluding carboxylic acids is 1. The number of halogens is 1. The lowest BCUT2D eigenvalue weighted by Gasteiger charge is -1.98. The van der Waals surface area contributed by atoms with Crippen LogP contribution in [0.1, 0.15) is 10.4 Å². The molecule has 0 bridgehead atoms. The molecule has 0 aliphatic heterocycles. The van der Waals surface area contributed by atoms with Gasteiger partial charge in [-0.25, -0.2) is 0 Å². The van der Waals surface area contributed by atoms with Crippen molar-refractivity contribution >= 4 is 23.4 Å². The largest absolute Gasteiger partial charge is 0.367 e. The highest BCUT2D eigenvalue weighted by atomic mass is 35.5. The van der Waals surface area contributed by atoms with E-state index in [0.717, 1.165) is 0 Å². The van der Waals surface area contributed by atoms with Gasteiger partial charge in [-0.2, -0.15) is 0 Å². The molecule has 82 valence electrons. The SMILES string of the molecule is NC(=O)c1c(-c2ccc(Cl)cc2)noc1N. The van der Waals surface area contributed by atoms with Crippen molar-refractivity contribution in [1.82, 2.24) is 5.16 Å². The fourth-order valence-electron chi connectivity index (χ4n) is 1.35. The van der Waals surface area contributed by atoms with E-state index in [0.29, 0.717) is 16.3 Å². The minimum Gasteiger partial charge on any atom is -0.367 e. The first-order chi connectivity index (χ1) is 7.59. The number of anilines is 1. The molecule has 0 fully saturated rings. The Balaban J connectivity index is 2.56. The summed E-state index contributed by atoms with van der Waals surface area (Å²) in [7, 11) is 0. The predicted octanol–water partition coefficient (Wildman–Crippen LogP) is 1.68. The molecule has 0 radical (unpaired) electrons. The third-order valence-corrected chi connectivity index (χ3v) is 2.33. The number of rotatable bonds is 2. The molecule has 0 aliphatic rings. The Bertz CT molecular complexity index is 533. The molecule has 6 heteroatoms. The molecule has 0 unspecified atom stereocenters. The van der Waals surface area contributed by atoms with Crippen LogP contribution in [0.5, 0.6) is 0 Å². The van der Waals surface area contributed by atoms with E-state index >= 15 is 0 Å². The topological polar surface area (TPSA) is 95.1 Å². The van der Waals surface area contributed by atoms with Crippen LogP contribution in [0.25, 0.3) is 11.3 Å². The Morgan fingerprint density at radius 1 is 1.31 bits per heavy atom. The average molecular weight is 238 g/mol. The zero-order chi connectivity index (χ0) is 11.7. The molecule has 4 N–H and O–H groups in total. The van der Waals surface area contributed by atoms with Gasteiger partial charge >= 0.3 is 0 Å². The number of hydrogen-bond donors (Lipinski definition) is 2. The zero-order valence-electron chi connectivity index (χ0n) is 8.11. The normalized spacial score (nSPS) is 10.3. The molecule has 0 atom stereocenters. The molecule has 2 rings (SSSR count). The van der Waals surface area contributed by atoms with Crippen molar-refractivity contribution in [3.8, 4) is 11.3 Å². The van der Waals surface area contributed by atoms with Crippen molar-refractivity contribution in [2.45, 2.75) is 0 Å². The van der Waals surface area contributed by atoms with Crippen LogP contribution in [-0.4, -0.2) is 11.1 Å². The van der Waals surface area contributed by atoms with Crippen LogP contribution in [0.15, 0.2) is 28.8 Å². The fraction of sp³-hybridized carbons (Fsp3) is 0. The molecule has 1 aromatic heterocycles. The molecular formula is C10H8ClN3O2. The number of hydrogen-bond acceptors (Lipinski definition) is 4. The first-order valence-electron chi connectivity index (χ1n) is 4.40. The molecule has 0 aliphatic carbocycles. The van der Waals surface area contributed by atoms with E-state index in [1.165, 1.54) is 0 Å². The Morgan fingerprint density at radius 3 is 2.50 bits per heavy atom. The Morgan fingerprint density at radius 2 is 1.94 bits per heavy atom. The molecule has 0 spiro atoms. The van der Waals surface area contributed by atoms with Gasteiger partial charge in [-0.3, -0.25) is 4.79 Å². The standard InChI is InChI=1S/C10H8ClN3O2/c11-6-3-1-5(2-4-6)8-7(9(12)15)10(13)16-14-8/h1-4H,13H2,(H2,12,15). The number of nitrogens with zero attached hydrogens (tertiary/aromatic N) is 1. The molecule has 5 nitrogen and oxygen atoms in total. The molecule has 1 aromatic carbocycles. The minimum atomic E-state index is -0.677. The smallest absolute Gasteiger partial charge is 0.256 e. The summed E-state index contributed by atoms with van der Waals surface area (Å²) in [5.74, 6) is -0.763. The summed E-state index contributed by atoms with van der Waals surface area (Å²) in [5, 5.41) is 4.28. The van der Waals surface area contributed by atoms with Gasteiger partial charge in [0.25, 0.3) is 5.91 Å². The van der Waals surface area contributed by atoms with Crippen LogP contribution in [0.4, 0.5) is 5.88 Å². The Kier molecular flexibility index (Phi) is 2.54. The molecule has 2 aromatic rings. The van der Waals surface area contributed by atoms with Crippen LogP contribution in [-0.2, 0) is 0 Å². The summed E-state index contributed by atoms with van der Waals surface area (Å²) in [6, 6.07) is 6.75. The fourth-order valence-corrected chi connectivity index (χ4v) is 1.47. The van der Waals surface area contributed by atoms with E-state index in [4.69, 9.17) is 27.6 Å². The Labute approximate surface area is 96.0 Å². The third-order valence-electron chi connectivity index (χ3n) is 2.08. The molecule has 0 saturated carbocycles. The lowest BCUT2D eigenvalue weighted by atomic mass is 10.1. The quantitative estimate of drug-likeness (QED) is 0.831. The summed E-state index contributed by atoms with van der Waals surface area (Å²) < 4.78 is 4.74. The second kappa shape index (κ2) is 3.86. The van der Waals surface area contributed by atoms with E-state index in [1.807, 2.05) is 0 Å². The van der Waals surface area contributed by atoms with Gasteiger partial charge in [0.05, 0.1) is 0 Å². The second-order valence-electron chi connectivity index (χ2n) is 3.14. The lowest BCUT2D eigenvalue weighted by molar-refractivity contribution is 0.100. The van der Waals surface area contributed by atoms with Gasteiger partial charge in [0, 0.05) is 10.6 Å². The number of nitrogens with two attached hydrogens (primary N) is 2. The molecule has 16 heavy (non-hydrogen) atoms. The van der Waals surface area contributed by atoms with Gasteiger partial charge in [-0.1, -0.05) is 28.9 Å². The van der Waals surface area contributed by atoms with Crippen LogP contribution in [0, 0.1) is 0 Å². The summed E-state index contributed by atoms with van der Waals surface area (Å²) in [6.45, 7) is 0. The maximum absolute atomic E-state index is 11.2. The molecular weight excluding hydrogens is 230 g/mol. The number of primary amides is 1. The molecule has 1 amide bonds. The van der Waals surface area contributed by atoms with Gasteiger partial charge in [0.1, 0.15) is 11.3 Å². The minimum absolute atomic E-state index is 0.0855. The molecule has 1 heterocycles. The highest BCUT2D eigenvalue weighted by Crippen LogP contribution is 2.27. The average Bonchev–Trinajstić information content (AvgIpc) is 2.61. The number of carbonyl (C=O) groups is 1. The van der Waals surface area contributed by atoms with Crippen molar-refractivity contribution < 1.29 is 9.32 Å². The van der Waals surface area contributed by atoms with Crippen LogP contribution >= 0.6 is 11.6 Å². The van der Waals surface area contributed by atoms with Crippen LogP contribution < -0.4 is 11.5 Å². The maximum atomic E-state index is 11.2. The van der Waals surface area contributed by atoms with Crippen molar-refractivity contribution in [1.29, 1.82) is 0 Å². The monoisotopic (exact) mass is 237 g/mol. The summed E-state index contributed by atoms with van der Waals surface area (Å²) in [5.41, 5.74) is 11.7. The van der Waals surface area contributed by atoms with E-state index in [2.05, 4.69) is 5.16 Å². The number of benzene rings is 1. The van der Waals surface area contributed by atoms with Gasteiger partial charge < -0.3 is 16.0 Å². The first kappa shape index (κ1) is 10.5. The van der Waals surface area contributed by atoms with E-state index in [-0.39, 0.29) is 11.4 Å². The maximum Gasteiger partial charge on any atom is 0.256 e. The van der Waals surface area contributed by atoms with Gasteiger partial charge in [-0.05, 0) is 12.1 Å². The van der Waals surface area contributed by atoms with Crippen molar-refractivity contribution in [2.24, 2.45) is 5.73 Å². The Hall–Kier alpha value is -2.01. The first-order valence-corrected chi connectivity index (χ1v) is 4.78. The number of nitrogen functional groups attached to an aromatic ring is 1. The van der Waals surface area contributed by atoms with E-state index in [1.54, 1.807) is 24.3 Å². The van der Waals surface area contributed by atoms with Crippen LogP contribution in [0.3, 0.4) is 0 Å². The second-order valence-corrected chi connectivity index (χ2v) is 3.58. The third kappa shape index (κ3) is 1.72. The van der Waals surface area contributed by atoms with Crippen molar-refractivity contribution in [2.75, 3.05) is 5.73 Å². The van der Waals surface area contributed by atoms with Crippen molar-refractivity contribution in [3.05, 3.63) is 34.9 Å². The summed E-state index contributed by atoms with van der Waals surface area (Å²) in [4.78, 5) is 11.2. The zero-order valence-corrected chi connectivity index (χ0v) is 8.86. The number of amides is 1. The van der Waals surface area contributed by atoms with Crippen molar-refractivity contribution in [3.63, 3.8) is 0 Å². The lowest BCUT2D eigenvalue weighted by Crippen LogP contribution is -2.13. The van der Waals surface area contributed by atoms with Gasteiger partial charge in [-0.15, -0.1) is 0 Å². The summed E-state index contributed by atoms with van der Waals surface area (Å²) >= 11 is 5.75. The predicted molar refractivity (Wildman–Crippen MR) is 59.9 cm³/mol. The highest BCUT2D eigenvalue weighted by Gasteiger charge is 2.19. The van der Waals surface area contributed by atoms with Crippen LogP contribution in [0.2, 0.25) is 5.02 Å². The molecule has 0 saturated heterocycles. The van der Waals surface area contributed by atoms with E-state index < -0.39 is 5.91 Å².